The lowest BCUT2D eigenvalue weighted by Gasteiger charge is -2.25. The third kappa shape index (κ3) is 2.19. The van der Waals surface area contributed by atoms with Gasteiger partial charge in [0.2, 0.25) is 0 Å². The number of anilines is 2. The van der Waals surface area contributed by atoms with Crippen LogP contribution in [0.2, 0.25) is 0 Å². The number of sulfonamides is 1. The van der Waals surface area contributed by atoms with Gasteiger partial charge in [0.05, 0.1) is 11.4 Å². The number of halogens is 1. The zero-order chi connectivity index (χ0) is 14.2. The van der Waals surface area contributed by atoms with E-state index in [1.54, 1.807) is 0 Å². The number of fused-ring (bicyclic) bond motifs is 2. The van der Waals surface area contributed by atoms with Gasteiger partial charge >= 0.3 is 0 Å². The van der Waals surface area contributed by atoms with Gasteiger partial charge in [-0.15, -0.1) is 11.6 Å². The molecule has 3 nitrogen and oxygen atoms in total. The highest BCUT2D eigenvalue weighted by molar-refractivity contribution is 7.94. The van der Waals surface area contributed by atoms with Crippen molar-refractivity contribution in [3.05, 3.63) is 59.7 Å². The fourth-order valence-electron chi connectivity index (χ4n) is 2.59. The summed E-state index contributed by atoms with van der Waals surface area (Å²) in [6.07, 6.45) is 1.64. The molecule has 0 amide bonds. The Labute approximate surface area is 123 Å². The summed E-state index contributed by atoms with van der Waals surface area (Å²) in [6.45, 7) is 0. The van der Waals surface area contributed by atoms with Crippen LogP contribution in [0.15, 0.2) is 48.5 Å². The lowest BCUT2D eigenvalue weighted by molar-refractivity contribution is 0.600. The second-order valence-corrected chi connectivity index (χ2v) is 7.14. The third-order valence-electron chi connectivity index (χ3n) is 3.50. The van der Waals surface area contributed by atoms with Crippen LogP contribution in [0.3, 0.4) is 0 Å². The number of nitrogens with zero attached hydrogens (tertiary/aromatic N) is 1. The highest BCUT2D eigenvalue weighted by atomic mass is 35.5. The van der Waals surface area contributed by atoms with Gasteiger partial charge in [0.1, 0.15) is 5.21 Å². The molecule has 0 bridgehead atoms. The average Bonchev–Trinajstić information content (AvgIpc) is 2.64. The summed E-state index contributed by atoms with van der Waals surface area (Å²) in [6, 6.07) is 15.2. The van der Waals surface area contributed by atoms with Gasteiger partial charge in [0.25, 0.3) is 10.0 Å². The Morgan fingerprint density at radius 3 is 1.80 bits per heavy atom. The van der Waals surface area contributed by atoms with Gasteiger partial charge in [-0.3, -0.25) is 0 Å². The number of rotatable bonds is 2. The van der Waals surface area contributed by atoms with E-state index in [2.05, 4.69) is 0 Å². The summed E-state index contributed by atoms with van der Waals surface area (Å²) >= 11 is 5.68. The number of aryl methyl sites for hydroxylation is 2. The van der Waals surface area contributed by atoms with Gasteiger partial charge in [-0.25, -0.2) is 12.7 Å². The summed E-state index contributed by atoms with van der Waals surface area (Å²) in [5.41, 5.74) is 3.46. The van der Waals surface area contributed by atoms with Gasteiger partial charge < -0.3 is 0 Å². The number of para-hydroxylation sites is 2. The Morgan fingerprint density at radius 1 is 0.900 bits per heavy atom. The van der Waals surface area contributed by atoms with Crippen LogP contribution >= 0.6 is 11.6 Å². The van der Waals surface area contributed by atoms with E-state index in [1.165, 1.54) is 4.31 Å². The Kier molecular flexibility index (Phi) is 3.44. The first-order valence-corrected chi connectivity index (χ1v) is 8.52. The number of hydrogen-bond donors (Lipinski definition) is 0. The van der Waals surface area contributed by atoms with Crippen LogP contribution in [0.4, 0.5) is 11.4 Å². The molecule has 0 saturated carbocycles. The summed E-state index contributed by atoms with van der Waals surface area (Å²) in [4.78, 5) is 0. The first-order valence-electron chi connectivity index (χ1n) is 6.38. The lowest BCUT2D eigenvalue weighted by atomic mass is 10.0. The minimum atomic E-state index is -3.57. The summed E-state index contributed by atoms with van der Waals surface area (Å²) in [5.74, 6) is 0. The first kappa shape index (κ1) is 13.5. The molecule has 0 atom stereocenters. The Balaban J connectivity index is 2.30. The zero-order valence-electron chi connectivity index (χ0n) is 10.8. The fraction of sp³-hybridized carbons (Fsp3) is 0.200. The van der Waals surface area contributed by atoms with E-state index >= 15 is 0 Å². The van der Waals surface area contributed by atoms with E-state index in [-0.39, 0.29) is 0 Å². The van der Waals surface area contributed by atoms with Crippen molar-refractivity contribution in [2.24, 2.45) is 0 Å². The molecule has 104 valence electrons. The van der Waals surface area contributed by atoms with E-state index in [1.807, 2.05) is 48.5 Å². The molecular formula is C15H14ClNO2S. The molecule has 0 unspecified atom stereocenters. The second kappa shape index (κ2) is 5.11. The third-order valence-corrected chi connectivity index (χ3v) is 5.55. The molecule has 2 aromatic rings. The average molecular weight is 308 g/mol. The Morgan fingerprint density at radius 2 is 1.35 bits per heavy atom. The van der Waals surface area contributed by atoms with Crippen LogP contribution in [0, 0.1) is 0 Å². The lowest BCUT2D eigenvalue weighted by Crippen LogP contribution is -2.27. The molecule has 1 heterocycles. The summed E-state index contributed by atoms with van der Waals surface area (Å²) < 4.78 is 26.2. The van der Waals surface area contributed by atoms with Crippen LogP contribution in [0.25, 0.3) is 0 Å². The SMILES string of the molecule is O=S(=O)(CCl)N1c2ccccc2CCc2ccccc21. The fourth-order valence-corrected chi connectivity index (χ4v) is 3.93. The van der Waals surface area contributed by atoms with Gasteiger partial charge in [-0.2, -0.15) is 0 Å². The van der Waals surface area contributed by atoms with Crippen molar-refractivity contribution >= 4 is 33.0 Å². The maximum absolute atomic E-state index is 12.4. The number of hydrogen-bond acceptors (Lipinski definition) is 2. The maximum Gasteiger partial charge on any atom is 0.253 e. The molecule has 0 aromatic heterocycles. The van der Waals surface area contributed by atoms with E-state index in [0.29, 0.717) is 11.4 Å². The topological polar surface area (TPSA) is 37.4 Å². The van der Waals surface area contributed by atoms with Crippen LogP contribution in [0.5, 0.6) is 0 Å². The molecule has 2 aromatic carbocycles. The van der Waals surface area contributed by atoms with Gasteiger partial charge in [0, 0.05) is 0 Å². The standard InChI is InChI=1S/C15H14ClNO2S/c16-11-20(18,19)17-14-7-3-1-5-12(14)9-10-13-6-2-4-8-15(13)17/h1-8H,9-11H2. The predicted octanol–water partition coefficient (Wildman–Crippen LogP) is 3.45. The smallest absolute Gasteiger partial charge is 0.237 e. The van der Waals surface area contributed by atoms with Gasteiger partial charge in [-0.05, 0) is 36.1 Å². The van der Waals surface area contributed by atoms with Crippen molar-refractivity contribution in [3.63, 3.8) is 0 Å². The van der Waals surface area contributed by atoms with Crippen molar-refractivity contribution in [3.8, 4) is 0 Å². The number of alkyl halides is 1. The first-order chi connectivity index (χ1) is 9.63. The van der Waals surface area contributed by atoms with Crippen LogP contribution < -0.4 is 4.31 Å². The zero-order valence-corrected chi connectivity index (χ0v) is 12.4. The van der Waals surface area contributed by atoms with Crippen LogP contribution in [0.1, 0.15) is 11.1 Å². The van der Waals surface area contributed by atoms with Crippen molar-refractivity contribution in [2.45, 2.75) is 12.8 Å². The van der Waals surface area contributed by atoms with Crippen LogP contribution in [-0.2, 0) is 22.9 Å². The highest BCUT2D eigenvalue weighted by Crippen LogP contribution is 2.38. The molecule has 0 aliphatic carbocycles. The van der Waals surface area contributed by atoms with E-state index in [4.69, 9.17) is 11.6 Å². The summed E-state index contributed by atoms with van der Waals surface area (Å²) in [7, 11) is -3.57. The normalized spacial score (nSPS) is 14.3. The molecule has 0 radical (unpaired) electrons. The van der Waals surface area contributed by atoms with Crippen molar-refractivity contribution in [2.75, 3.05) is 9.52 Å². The molecule has 1 aliphatic rings. The second-order valence-electron chi connectivity index (χ2n) is 4.74. The molecular weight excluding hydrogens is 294 g/mol. The Bertz CT molecular complexity index is 696. The minimum absolute atomic E-state index is 0.435. The molecule has 20 heavy (non-hydrogen) atoms. The molecule has 3 rings (SSSR count). The van der Waals surface area contributed by atoms with Gasteiger partial charge in [-0.1, -0.05) is 36.4 Å². The maximum atomic E-state index is 12.4. The molecule has 0 fully saturated rings. The quantitative estimate of drug-likeness (QED) is 0.797. The van der Waals surface area contributed by atoms with Crippen molar-refractivity contribution in [1.29, 1.82) is 0 Å². The highest BCUT2D eigenvalue weighted by Gasteiger charge is 2.29. The molecule has 0 spiro atoms. The predicted molar refractivity (Wildman–Crippen MR) is 82.1 cm³/mol. The van der Waals surface area contributed by atoms with E-state index < -0.39 is 15.2 Å². The molecule has 0 saturated heterocycles. The van der Waals surface area contributed by atoms with Gasteiger partial charge in [0.15, 0.2) is 0 Å². The van der Waals surface area contributed by atoms with Crippen molar-refractivity contribution < 1.29 is 8.42 Å². The van der Waals surface area contributed by atoms with E-state index in [0.717, 1.165) is 24.0 Å². The monoisotopic (exact) mass is 307 g/mol. The van der Waals surface area contributed by atoms with Crippen LogP contribution in [-0.4, -0.2) is 13.6 Å². The van der Waals surface area contributed by atoms with E-state index in [9.17, 15) is 8.42 Å². The largest absolute Gasteiger partial charge is 0.253 e. The Hall–Kier alpha value is -1.52. The molecule has 1 aliphatic heterocycles. The molecule has 5 heteroatoms. The minimum Gasteiger partial charge on any atom is -0.237 e. The number of benzene rings is 2. The molecule has 0 N–H and O–H groups in total. The van der Waals surface area contributed by atoms with Crippen molar-refractivity contribution in [1.82, 2.24) is 0 Å². The summed E-state index contributed by atoms with van der Waals surface area (Å²) in [5, 5.41) is -0.435.